The summed E-state index contributed by atoms with van der Waals surface area (Å²) in [4.78, 5) is 35.8. The van der Waals surface area contributed by atoms with Crippen molar-refractivity contribution in [1.82, 2.24) is 5.32 Å². The standard InChI is InChI=1S/C19H18ClNO6/c1-25-16-8-5-13(9-17(16)26-2)15(22)11-27-18(23)10-21-19(24)12-3-6-14(20)7-4-12/h3-9H,10-11H2,1-2H3,(H,21,24). The summed E-state index contributed by atoms with van der Waals surface area (Å²) < 4.78 is 15.1. The number of rotatable bonds is 8. The van der Waals surface area contributed by atoms with Crippen molar-refractivity contribution in [3.63, 3.8) is 0 Å². The molecule has 0 aromatic heterocycles. The number of benzene rings is 2. The second-order valence-electron chi connectivity index (χ2n) is 5.34. The molecular formula is C19H18ClNO6. The van der Waals surface area contributed by atoms with Crippen LogP contribution >= 0.6 is 11.6 Å². The molecule has 0 unspecified atom stereocenters. The maximum absolute atomic E-state index is 12.1. The number of Topliss-reactive ketones (excluding diaryl/α,β-unsaturated/α-hetero) is 1. The molecule has 0 saturated heterocycles. The molecule has 27 heavy (non-hydrogen) atoms. The van der Waals surface area contributed by atoms with Crippen LogP contribution in [0.2, 0.25) is 5.02 Å². The molecule has 1 amide bonds. The fourth-order valence-electron chi connectivity index (χ4n) is 2.15. The van der Waals surface area contributed by atoms with Crippen LogP contribution in [0, 0.1) is 0 Å². The molecule has 1 N–H and O–H groups in total. The Morgan fingerprint density at radius 3 is 2.19 bits per heavy atom. The van der Waals surface area contributed by atoms with Gasteiger partial charge >= 0.3 is 5.97 Å². The number of nitrogens with one attached hydrogen (secondary N) is 1. The average molecular weight is 392 g/mol. The van der Waals surface area contributed by atoms with E-state index in [0.29, 0.717) is 27.6 Å². The highest BCUT2D eigenvalue weighted by molar-refractivity contribution is 6.30. The van der Waals surface area contributed by atoms with Crippen LogP contribution in [-0.2, 0) is 9.53 Å². The molecule has 2 rings (SSSR count). The molecule has 0 spiro atoms. The minimum Gasteiger partial charge on any atom is -0.493 e. The molecule has 0 atom stereocenters. The monoisotopic (exact) mass is 391 g/mol. The third-order valence-corrected chi connectivity index (χ3v) is 3.82. The topological polar surface area (TPSA) is 90.9 Å². The fourth-order valence-corrected chi connectivity index (χ4v) is 2.27. The Morgan fingerprint density at radius 1 is 0.926 bits per heavy atom. The van der Waals surface area contributed by atoms with Crippen LogP contribution in [0.1, 0.15) is 20.7 Å². The summed E-state index contributed by atoms with van der Waals surface area (Å²) in [6.45, 7) is -0.814. The predicted octanol–water partition coefficient (Wildman–Crippen LogP) is 2.51. The van der Waals surface area contributed by atoms with E-state index in [4.69, 9.17) is 25.8 Å². The minimum atomic E-state index is -0.730. The average Bonchev–Trinajstić information content (AvgIpc) is 2.70. The number of hydrogen-bond donors (Lipinski definition) is 1. The highest BCUT2D eigenvalue weighted by Gasteiger charge is 2.14. The number of carbonyl (C=O) groups excluding carboxylic acids is 3. The van der Waals surface area contributed by atoms with Gasteiger partial charge in [-0.1, -0.05) is 11.6 Å². The van der Waals surface area contributed by atoms with Crippen molar-refractivity contribution in [2.75, 3.05) is 27.4 Å². The maximum atomic E-state index is 12.1. The SMILES string of the molecule is COc1ccc(C(=O)COC(=O)CNC(=O)c2ccc(Cl)cc2)cc1OC. The fraction of sp³-hybridized carbons (Fsp3) is 0.211. The van der Waals surface area contributed by atoms with E-state index in [-0.39, 0.29) is 6.54 Å². The van der Waals surface area contributed by atoms with Gasteiger partial charge in [-0.2, -0.15) is 0 Å². The van der Waals surface area contributed by atoms with E-state index in [2.05, 4.69) is 5.32 Å². The zero-order valence-electron chi connectivity index (χ0n) is 14.8. The highest BCUT2D eigenvalue weighted by Crippen LogP contribution is 2.27. The van der Waals surface area contributed by atoms with Gasteiger partial charge < -0.3 is 19.5 Å². The summed E-state index contributed by atoms with van der Waals surface area (Å²) in [7, 11) is 2.94. The van der Waals surface area contributed by atoms with Crippen LogP contribution in [0.25, 0.3) is 0 Å². The van der Waals surface area contributed by atoms with Crippen LogP contribution < -0.4 is 14.8 Å². The smallest absolute Gasteiger partial charge is 0.325 e. The Bertz CT molecular complexity index is 835. The second-order valence-corrected chi connectivity index (χ2v) is 5.78. The van der Waals surface area contributed by atoms with Gasteiger partial charge in [0.25, 0.3) is 5.91 Å². The van der Waals surface area contributed by atoms with Crippen LogP contribution in [0.15, 0.2) is 42.5 Å². The van der Waals surface area contributed by atoms with Gasteiger partial charge in [-0.15, -0.1) is 0 Å². The summed E-state index contributed by atoms with van der Waals surface area (Å²) in [5, 5.41) is 2.91. The van der Waals surface area contributed by atoms with Crippen molar-refractivity contribution in [2.24, 2.45) is 0 Å². The normalized spacial score (nSPS) is 10.0. The first-order chi connectivity index (χ1) is 12.9. The van der Waals surface area contributed by atoms with E-state index < -0.39 is 24.3 Å². The van der Waals surface area contributed by atoms with Crippen molar-refractivity contribution < 1.29 is 28.6 Å². The first-order valence-electron chi connectivity index (χ1n) is 7.89. The number of ketones is 1. The van der Waals surface area contributed by atoms with E-state index in [1.54, 1.807) is 24.3 Å². The molecule has 0 aliphatic carbocycles. The van der Waals surface area contributed by atoms with E-state index in [0.717, 1.165) is 0 Å². The van der Waals surface area contributed by atoms with Crippen LogP contribution in [0.5, 0.6) is 11.5 Å². The largest absolute Gasteiger partial charge is 0.493 e. The lowest BCUT2D eigenvalue weighted by Crippen LogP contribution is -2.31. The number of halogens is 1. The van der Waals surface area contributed by atoms with E-state index >= 15 is 0 Å². The number of amides is 1. The number of carbonyl (C=O) groups is 3. The van der Waals surface area contributed by atoms with Gasteiger partial charge in [-0.3, -0.25) is 14.4 Å². The van der Waals surface area contributed by atoms with E-state index in [9.17, 15) is 14.4 Å². The number of ether oxygens (including phenoxy) is 3. The van der Waals surface area contributed by atoms with Gasteiger partial charge in [0, 0.05) is 16.1 Å². The molecule has 0 bridgehead atoms. The van der Waals surface area contributed by atoms with Gasteiger partial charge in [0.05, 0.1) is 14.2 Å². The molecule has 0 heterocycles. The van der Waals surface area contributed by atoms with E-state index in [1.807, 2.05) is 0 Å². The predicted molar refractivity (Wildman–Crippen MR) is 98.6 cm³/mol. The number of hydrogen-bond acceptors (Lipinski definition) is 6. The summed E-state index contributed by atoms with van der Waals surface area (Å²) in [5.74, 6) is -0.713. The molecule has 0 aliphatic rings. The molecule has 2 aromatic rings. The van der Waals surface area contributed by atoms with Gasteiger partial charge in [0.1, 0.15) is 6.54 Å². The molecule has 8 heteroatoms. The van der Waals surface area contributed by atoms with E-state index in [1.165, 1.54) is 32.4 Å². The van der Waals surface area contributed by atoms with Crippen LogP contribution in [0.4, 0.5) is 0 Å². The minimum absolute atomic E-state index is 0.311. The zero-order valence-corrected chi connectivity index (χ0v) is 15.5. The van der Waals surface area contributed by atoms with Crippen molar-refractivity contribution in [2.45, 2.75) is 0 Å². The third-order valence-electron chi connectivity index (χ3n) is 3.57. The van der Waals surface area contributed by atoms with Crippen molar-refractivity contribution in [3.05, 3.63) is 58.6 Å². The highest BCUT2D eigenvalue weighted by atomic mass is 35.5. The molecule has 7 nitrogen and oxygen atoms in total. The molecule has 2 aromatic carbocycles. The lowest BCUT2D eigenvalue weighted by atomic mass is 10.1. The Labute approximate surface area is 161 Å². The van der Waals surface area contributed by atoms with Gasteiger partial charge in [-0.05, 0) is 42.5 Å². The lowest BCUT2D eigenvalue weighted by Gasteiger charge is -2.09. The quantitative estimate of drug-likeness (QED) is 0.549. The summed E-state index contributed by atoms with van der Waals surface area (Å²) >= 11 is 5.75. The zero-order chi connectivity index (χ0) is 19.8. The molecular weight excluding hydrogens is 374 g/mol. The first kappa shape index (κ1) is 20.3. The Balaban J connectivity index is 1.83. The van der Waals surface area contributed by atoms with Crippen LogP contribution in [0.3, 0.4) is 0 Å². The van der Waals surface area contributed by atoms with Gasteiger partial charge in [0.2, 0.25) is 0 Å². The van der Waals surface area contributed by atoms with Crippen molar-refractivity contribution in [1.29, 1.82) is 0 Å². The second kappa shape index (κ2) is 9.59. The van der Waals surface area contributed by atoms with Crippen molar-refractivity contribution in [3.8, 4) is 11.5 Å². The first-order valence-corrected chi connectivity index (χ1v) is 8.27. The van der Waals surface area contributed by atoms with Crippen LogP contribution in [-0.4, -0.2) is 45.0 Å². The Hall–Kier alpha value is -3.06. The lowest BCUT2D eigenvalue weighted by molar-refractivity contribution is -0.141. The summed E-state index contributed by atoms with van der Waals surface area (Å²) in [6, 6.07) is 10.8. The van der Waals surface area contributed by atoms with Gasteiger partial charge in [-0.25, -0.2) is 0 Å². The summed E-state index contributed by atoms with van der Waals surface area (Å²) in [5.41, 5.74) is 0.666. The molecule has 0 saturated carbocycles. The summed E-state index contributed by atoms with van der Waals surface area (Å²) in [6.07, 6.45) is 0. The van der Waals surface area contributed by atoms with Gasteiger partial charge in [0.15, 0.2) is 23.9 Å². The number of esters is 1. The molecule has 142 valence electrons. The molecule has 0 fully saturated rings. The molecule has 0 radical (unpaired) electrons. The number of methoxy groups -OCH3 is 2. The Morgan fingerprint density at radius 2 is 1.56 bits per heavy atom. The van der Waals surface area contributed by atoms with Crippen molar-refractivity contribution >= 4 is 29.3 Å². The molecule has 0 aliphatic heterocycles. The maximum Gasteiger partial charge on any atom is 0.325 e. The Kier molecular flexibility index (Phi) is 7.19. The third kappa shape index (κ3) is 5.72.